The zero-order valence-corrected chi connectivity index (χ0v) is 16.3. The number of hydrogen-bond acceptors (Lipinski definition) is 6. The third-order valence-corrected chi connectivity index (χ3v) is 5.81. The SMILES string of the molecule is CC(C)CCC(=O)N(C)Cc1nc(C2CCN(S(C)(=O)=O)CC2)no1. The average Bonchev–Trinajstić information content (AvgIpc) is 3.00. The first-order valence-electron chi connectivity index (χ1n) is 8.68. The van der Waals surface area contributed by atoms with E-state index in [-0.39, 0.29) is 11.8 Å². The van der Waals surface area contributed by atoms with Crippen molar-refractivity contribution in [2.24, 2.45) is 5.92 Å². The van der Waals surface area contributed by atoms with Crippen molar-refractivity contribution in [2.45, 2.75) is 52.0 Å². The Balaban J connectivity index is 1.87. The van der Waals surface area contributed by atoms with E-state index in [1.54, 1.807) is 11.9 Å². The molecule has 1 aliphatic heterocycles. The van der Waals surface area contributed by atoms with E-state index in [2.05, 4.69) is 24.0 Å². The Morgan fingerprint density at radius 1 is 1.36 bits per heavy atom. The standard InChI is InChI=1S/C16H28N4O4S/c1-12(2)5-6-15(21)19(3)11-14-17-16(18-24-14)13-7-9-20(10-8-13)25(4,22)23/h12-13H,5-11H2,1-4H3. The molecule has 0 N–H and O–H groups in total. The van der Waals surface area contributed by atoms with Gasteiger partial charge in [0.2, 0.25) is 21.8 Å². The van der Waals surface area contributed by atoms with Crippen LogP contribution in [0.2, 0.25) is 0 Å². The lowest BCUT2D eigenvalue weighted by Crippen LogP contribution is -2.37. The van der Waals surface area contributed by atoms with Crippen molar-refractivity contribution < 1.29 is 17.7 Å². The summed E-state index contributed by atoms with van der Waals surface area (Å²) in [5.74, 6) is 1.67. The monoisotopic (exact) mass is 372 g/mol. The molecule has 0 saturated carbocycles. The number of hydrogen-bond donors (Lipinski definition) is 0. The van der Waals surface area contributed by atoms with Gasteiger partial charge in [0.25, 0.3) is 0 Å². The second-order valence-electron chi connectivity index (χ2n) is 7.16. The van der Waals surface area contributed by atoms with E-state index in [4.69, 9.17) is 4.52 Å². The summed E-state index contributed by atoms with van der Waals surface area (Å²) in [6, 6.07) is 0. The highest BCUT2D eigenvalue weighted by Gasteiger charge is 2.28. The fourth-order valence-corrected chi connectivity index (χ4v) is 3.71. The average molecular weight is 372 g/mol. The van der Waals surface area contributed by atoms with Gasteiger partial charge < -0.3 is 9.42 Å². The van der Waals surface area contributed by atoms with Crippen LogP contribution in [-0.4, -0.2) is 60.1 Å². The third-order valence-electron chi connectivity index (χ3n) is 4.51. The van der Waals surface area contributed by atoms with Crippen LogP contribution in [0.4, 0.5) is 0 Å². The molecule has 2 heterocycles. The van der Waals surface area contributed by atoms with Crippen molar-refractivity contribution in [2.75, 3.05) is 26.4 Å². The van der Waals surface area contributed by atoms with Crippen molar-refractivity contribution in [1.29, 1.82) is 0 Å². The number of nitrogens with zero attached hydrogens (tertiary/aromatic N) is 4. The van der Waals surface area contributed by atoms with E-state index < -0.39 is 10.0 Å². The van der Waals surface area contributed by atoms with Gasteiger partial charge in [-0.15, -0.1) is 0 Å². The number of rotatable bonds is 7. The molecule has 8 nitrogen and oxygen atoms in total. The van der Waals surface area contributed by atoms with E-state index in [0.29, 0.717) is 56.5 Å². The number of carbonyl (C=O) groups excluding carboxylic acids is 1. The van der Waals surface area contributed by atoms with Crippen LogP contribution in [0.25, 0.3) is 0 Å². The van der Waals surface area contributed by atoms with E-state index in [1.807, 2.05) is 0 Å². The molecule has 1 aromatic heterocycles. The summed E-state index contributed by atoms with van der Waals surface area (Å²) in [5, 5.41) is 4.02. The van der Waals surface area contributed by atoms with Gasteiger partial charge in [0.05, 0.1) is 12.8 Å². The predicted molar refractivity (Wildman–Crippen MR) is 93.2 cm³/mol. The molecule has 0 radical (unpaired) electrons. The van der Waals surface area contributed by atoms with Crippen molar-refractivity contribution in [3.63, 3.8) is 0 Å². The van der Waals surface area contributed by atoms with Gasteiger partial charge in [0, 0.05) is 32.5 Å². The molecule has 1 aliphatic rings. The molecule has 0 unspecified atom stereocenters. The van der Waals surface area contributed by atoms with Crippen LogP contribution in [0.15, 0.2) is 4.52 Å². The number of piperidine rings is 1. The molecule has 0 spiro atoms. The smallest absolute Gasteiger partial charge is 0.246 e. The van der Waals surface area contributed by atoms with E-state index in [1.165, 1.54) is 10.6 Å². The second kappa shape index (κ2) is 8.27. The molecule has 9 heteroatoms. The fraction of sp³-hybridized carbons (Fsp3) is 0.812. The predicted octanol–water partition coefficient (Wildman–Crippen LogP) is 1.60. The first-order chi connectivity index (χ1) is 11.7. The molecule has 142 valence electrons. The Hall–Kier alpha value is -1.48. The lowest BCUT2D eigenvalue weighted by atomic mass is 9.98. The van der Waals surface area contributed by atoms with Crippen LogP contribution in [0.3, 0.4) is 0 Å². The second-order valence-corrected chi connectivity index (χ2v) is 9.15. The maximum absolute atomic E-state index is 12.1. The lowest BCUT2D eigenvalue weighted by Gasteiger charge is -2.28. The van der Waals surface area contributed by atoms with Crippen LogP contribution >= 0.6 is 0 Å². The highest BCUT2D eigenvalue weighted by molar-refractivity contribution is 7.88. The molecule has 0 aliphatic carbocycles. The van der Waals surface area contributed by atoms with Gasteiger partial charge in [0.15, 0.2) is 5.82 Å². The summed E-state index contributed by atoms with van der Waals surface area (Å²) in [5.41, 5.74) is 0. The Morgan fingerprint density at radius 3 is 2.56 bits per heavy atom. The van der Waals surface area contributed by atoms with Crippen LogP contribution in [0, 0.1) is 5.92 Å². The highest BCUT2D eigenvalue weighted by Crippen LogP contribution is 2.27. The van der Waals surface area contributed by atoms with Gasteiger partial charge >= 0.3 is 0 Å². The topological polar surface area (TPSA) is 96.6 Å². The minimum atomic E-state index is -3.14. The summed E-state index contributed by atoms with van der Waals surface area (Å²) in [6.07, 6.45) is 3.95. The Morgan fingerprint density at radius 2 is 2.00 bits per heavy atom. The summed E-state index contributed by atoms with van der Waals surface area (Å²) in [4.78, 5) is 18.1. The fourth-order valence-electron chi connectivity index (χ4n) is 2.84. The van der Waals surface area contributed by atoms with E-state index in [9.17, 15) is 13.2 Å². The van der Waals surface area contributed by atoms with Crippen LogP contribution in [0.5, 0.6) is 0 Å². The summed E-state index contributed by atoms with van der Waals surface area (Å²) >= 11 is 0. The highest BCUT2D eigenvalue weighted by atomic mass is 32.2. The van der Waals surface area contributed by atoms with Crippen molar-refractivity contribution >= 4 is 15.9 Å². The largest absolute Gasteiger partial charge is 0.337 e. The quantitative estimate of drug-likeness (QED) is 0.721. The molecule has 2 rings (SSSR count). The van der Waals surface area contributed by atoms with E-state index in [0.717, 1.165) is 6.42 Å². The van der Waals surface area contributed by atoms with Crippen LogP contribution in [0.1, 0.15) is 57.2 Å². The summed E-state index contributed by atoms with van der Waals surface area (Å²) in [6.45, 7) is 5.42. The third kappa shape index (κ3) is 5.78. The molecule has 0 bridgehead atoms. The zero-order valence-electron chi connectivity index (χ0n) is 15.4. The molecule has 1 saturated heterocycles. The zero-order chi connectivity index (χ0) is 18.6. The van der Waals surface area contributed by atoms with Gasteiger partial charge in [-0.25, -0.2) is 12.7 Å². The molecule has 25 heavy (non-hydrogen) atoms. The maximum atomic E-state index is 12.1. The van der Waals surface area contributed by atoms with Crippen molar-refractivity contribution in [1.82, 2.24) is 19.3 Å². The Kier molecular flexibility index (Phi) is 6.56. The van der Waals surface area contributed by atoms with Gasteiger partial charge in [0.1, 0.15) is 0 Å². The minimum Gasteiger partial charge on any atom is -0.337 e. The normalized spacial score (nSPS) is 17.2. The first-order valence-corrected chi connectivity index (χ1v) is 10.5. The summed E-state index contributed by atoms with van der Waals surface area (Å²) < 4.78 is 29.9. The van der Waals surface area contributed by atoms with Crippen LogP contribution < -0.4 is 0 Å². The van der Waals surface area contributed by atoms with Crippen molar-refractivity contribution in [3.8, 4) is 0 Å². The first kappa shape index (κ1) is 19.8. The molecule has 0 aromatic carbocycles. The molecule has 1 aromatic rings. The van der Waals surface area contributed by atoms with E-state index >= 15 is 0 Å². The summed E-state index contributed by atoms with van der Waals surface area (Å²) in [7, 11) is -1.41. The molecule has 1 fully saturated rings. The molecule has 0 atom stereocenters. The number of aromatic nitrogens is 2. The minimum absolute atomic E-state index is 0.0647. The Labute approximate surface area is 149 Å². The molecular weight excluding hydrogens is 344 g/mol. The number of amides is 1. The van der Waals surface area contributed by atoms with Gasteiger partial charge in [-0.2, -0.15) is 4.98 Å². The maximum Gasteiger partial charge on any atom is 0.246 e. The molecule has 1 amide bonds. The number of carbonyl (C=O) groups is 1. The van der Waals surface area contributed by atoms with Gasteiger partial charge in [-0.05, 0) is 25.2 Å². The van der Waals surface area contributed by atoms with Crippen LogP contribution in [-0.2, 0) is 21.4 Å². The number of sulfonamides is 1. The van der Waals surface area contributed by atoms with Gasteiger partial charge in [-0.1, -0.05) is 19.0 Å². The van der Waals surface area contributed by atoms with Crippen molar-refractivity contribution in [3.05, 3.63) is 11.7 Å². The molecular formula is C16H28N4O4S. The Bertz CT molecular complexity index is 678. The lowest BCUT2D eigenvalue weighted by molar-refractivity contribution is -0.131. The van der Waals surface area contributed by atoms with Gasteiger partial charge in [-0.3, -0.25) is 4.79 Å².